The van der Waals surface area contributed by atoms with Crippen LogP contribution >= 0.6 is 11.6 Å². The fraction of sp³-hybridized carbons (Fsp3) is 0.208. The number of amides is 1. The summed E-state index contributed by atoms with van der Waals surface area (Å²) in [5.74, 6) is 0.586. The summed E-state index contributed by atoms with van der Waals surface area (Å²) in [6.45, 7) is 1.06. The Hall–Kier alpha value is -2.82. The van der Waals surface area contributed by atoms with Crippen molar-refractivity contribution in [2.75, 3.05) is 7.11 Å². The van der Waals surface area contributed by atoms with Crippen LogP contribution in [0.2, 0.25) is 5.02 Å². The Morgan fingerprint density at radius 2 is 1.55 bits per heavy atom. The molecule has 0 N–H and O–H groups in total. The van der Waals surface area contributed by atoms with Gasteiger partial charge in [0, 0.05) is 13.1 Å². The summed E-state index contributed by atoms with van der Waals surface area (Å²) in [6, 6.07) is 25.5. The lowest BCUT2D eigenvalue weighted by Gasteiger charge is -2.22. The molecule has 0 unspecified atom stereocenters. The first kappa shape index (κ1) is 19.5. The van der Waals surface area contributed by atoms with Crippen LogP contribution in [0.25, 0.3) is 0 Å². The molecule has 5 heteroatoms. The highest BCUT2D eigenvalue weighted by molar-refractivity contribution is 6.32. The van der Waals surface area contributed by atoms with Gasteiger partial charge in [0.2, 0.25) is 0 Å². The lowest BCUT2D eigenvalue weighted by atomic mass is 10.1. The summed E-state index contributed by atoms with van der Waals surface area (Å²) >= 11 is 6.23. The lowest BCUT2D eigenvalue weighted by Crippen LogP contribution is -2.33. The van der Waals surface area contributed by atoms with E-state index >= 15 is 0 Å². The number of nitrogens with zero attached hydrogens (tertiary/aromatic N) is 1. The molecule has 0 radical (unpaired) electrons. The van der Waals surface area contributed by atoms with Crippen LogP contribution in [0.1, 0.15) is 22.8 Å². The second-order valence-electron chi connectivity index (χ2n) is 7.04. The van der Waals surface area contributed by atoms with Gasteiger partial charge in [-0.15, -0.1) is 0 Å². The van der Waals surface area contributed by atoms with Gasteiger partial charge in [0.1, 0.15) is 11.9 Å². The van der Waals surface area contributed by atoms with E-state index in [-0.39, 0.29) is 12.0 Å². The summed E-state index contributed by atoms with van der Waals surface area (Å²) in [5, 5.41) is 0.511. The van der Waals surface area contributed by atoms with Gasteiger partial charge in [0.25, 0.3) is 5.91 Å². The van der Waals surface area contributed by atoms with E-state index in [2.05, 4.69) is 0 Å². The van der Waals surface area contributed by atoms with Crippen molar-refractivity contribution < 1.29 is 14.3 Å². The molecule has 4 rings (SSSR count). The summed E-state index contributed by atoms with van der Waals surface area (Å²) < 4.78 is 11.0. The van der Waals surface area contributed by atoms with E-state index < -0.39 is 6.10 Å². The van der Waals surface area contributed by atoms with Gasteiger partial charge in [-0.2, -0.15) is 0 Å². The third kappa shape index (κ3) is 4.61. The molecule has 29 heavy (non-hydrogen) atoms. The Bertz CT molecular complexity index is 936. The normalized spacial score (nSPS) is 17.6. The largest absolute Gasteiger partial charge is 0.495 e. The second-order valence-corrected chi connectivity index (χ2v) is 7.44. The minimum atomic E-state index is -0.494. The number of hydrogen-bond donors (Lipinski definition) is 0. The molecule has 1 heterocycles. The Labute approximate surface area is 175 Å². The number of benzene rings is 3. The van der Waals surface area contributed by atoms with Crippen LogP contribution in [0.3, 0.4) is 0 Å². The monoisotopic (exact) mass is 407 g/mol. The lowest BCUT2D eigenvalue weighted by molar-refractivity contribution is -0.133. The van der Waals surface area contributed by atoms with Crippen LogP contribution in [0, 0.1) is 0 Å². The van der Waals surface area contributed by atoms with Gasteiger partial charge in [-0.05, 0) is 28.8 Å². The highest BCUT2D eigenvalue weighted by atomic mass is 35.5. The zero-order valence-corrected chi connectivity index (χ0v) is 16.9. The number of ether oxygens (including phenoxy) is 2. The Kier molecular flexibility index (Phi) is 5.84. The Morgan fingerprint density at radius 3 is 2.07 bits per heavy atom. The van der Waals surface area contributed by atoms with Gasteiger partial charge in [-0.3, -0.25) is 4.79 Å². The van der Waals surface area contributed by atoms with Crippen molar-refractivity contribution in [3.63, 3.8) is 0 Å². The average molecular weight is 408 g/mol. The van der Waals surface area contributed by atoms with E-state index in [1.54, 1.807) is 19.2 Å². The molecule has 1 aliphatic rings. The van der Waals surface area contributed by atoms with Gasteiger partial charge >= 0.3 is 0 Å². The van der Waals surface area contributed by atoms with Crippen LogP contribution in [-0.2, 0) is 22.6 Å². The van der Waals surface area contributed by atoms with E-state index in [4.69, 9.17) is 21.1 Å². The maximum absolute atomic E-state index is 13.2. The smallest absolute Gasteiger partial charge is 0.255 e. The summed E-state index contributed by atoms with van der Waals surface area (Å²) in [5.41, 5.74) is 3.05. The van der Waals surface area contributed by atoms with E-state index in [1.165, 1.54) is 0 Å². The molecule has 0 bridgehead atoms. The molecular formula is C24H22ClNO3. The molecule has 0 aromatic heterocycles. The van der Waals surface area contributed by atoms with Gasteiger partial charge in [-0.25, -0.2) is 0 Å². The van der Waals surface area contributed by atoms with Crippen molar-refractivity contribution >= 4 is 17.5 Å². The minimum Gasteiger partial charge on any atom is -0.495 e. The summed E-state index contributed by atoms with van der Waals surface area (Å²) in [6.07, 6.45) is -0.771. The molecule has 1 amide bonds. The standard InChI is InChI=1S/C24H22ClNO3/c1-28-21-13-12-19(14-20(21)25)22-23(29-22)24(27)26(15-17-8-4-2-5-9-17)16-18-10-6-3-7-11-18/h2-14,22-23H,15-16H2,1H3/t22-,23+/m0/s1. The number of halogens is 1. The molecule has 1 fully saturated rings. The molecule has 1 saturated heterocycles. The second kappa shape index (κ2) is 8.68. The van der Waals surface area contributed by atoms with E-state index in [1.807, 2.05) is 71.6 Å². The number of carbonyl (C=O) groups is 1. The quantitative estimate of drug-likeness (QED) is 0.516. The topological polar surface area (TPSA) is 42.1 Å². The predicted molar refractivity (Wildman–Crippen MR) is 113 cm³/mol. The average Bonchev–Trinajstić information content (AvgIpc) is 3.55. The van der Waals surface area contributed by atoms with Gasteiger partial charge in [0.15, 0.2) is 6.10 Å². The fourth-order valence-electron chi connectivity index (χ4n) is 3.41. The molecule has 1 aliphatic heterocycles. The number of rotatable bonds is 7. The molecule has 0 saturated carbocycles. The first-order valence-corrected chi connectivity index (χ1v) is 9.89. The van der Waals surface area contributed by atoms with Crippen LogP contribution in [0.15, 0.2) is 78.9 Å². The van der Waals surface area contributed by atoms with Crippen molar-refractivity contribution in [1.29, 1.82) is 0 Å². The molecular weight excluding hydrogens is 386 g/mol. The third-order valence-electron chi connectivity index (χ3n) is 4.98. The SMILES string of the molecule is COc1ccc([C@@H]2O[C@H]2C(=O)N(Cc2ccccc2)Cc2ccccc2)cc1Cl. The fourth-order valence-corrected chi connectivity index (χ4v) is 3.68. The van der Waals surface area contributed by atoms with Crippen LogP contribution in [-0.4, -0.2) is 24.0 Å². The molecule has 0 aliphatic carbocycles. The number of epoxide rings is 1. The number of carbonyl (C=O) groups excluding carboxylic acids is 1. The molecule has 2 atom stereocenters. The van der Waals surface area contributed by atoms with E-state index in [9.17, 15) is 4.79 Å². The molecule has 148 valence electrons. The first-order chi connectivity index (χ1) is 14.2. The number of methoxy groups -OCH3 is 1. The van der Waals surface area contributed by atoms with Crippen molar-refractivity contribution in [3.05, 3.63) is 101 Å². The maximum Gasteiger partial charge on any atom is 0.255 e. The number of hydrogen-bond acceptors (Lipinski definition) is 3. The van der Waals surface area contributed by atoms with Gasteiger partial charge < -0.3 is 14.4 Å². The summed E-state index contributed by atoms with van der Waals surface area (Å²) in [7, 11) is 1.58. The van der Waals surface area contributed by atoms with Crippen LogP contribution in [0.4, 0.5) is 0 Å². The molecule has 0 spiro atoms. The van der Waals surface area contributed by atoms with Crippen molar-refractivity contribution in [2.45, 2.75) is 25.3 Å². The van der Waals surface area contributed by atoms with Crippen molar-refractivity contribution in [2.24, 2.45) is 0 Å². The highest BCUT2D eigenvalue weighted by Crippen LogP contribution is 2.42. The maximum atomic E-state index is 13.2. The third-order valence-corrected chi connectivity index (χ3v) is 5.28. The van der Waals surface area contributed by atoms with Crippen LogP contribution in [0.5, 0.6) is 5.75 Å². The predicted octanol–water partition coefficient (Wildman–Crippen LogP) is 5.02. The first-order valence-electron chi connectivity index (χ1n) is 9.51. The zero-order valence-electron chi connectivity index (χ0n) is 16.1. The van der Waals surface area contributed by atoms with Gasteiger partial charge in [0.05, 0.1) is 12.1 Å². The Morgan fingerprint density at radius 1 is 0.966 bits per heavy atom. The van der Waals surface area contributed by atoms with E-state index in [0.29, 0.717) is 23.9 Å². The van der Waals surface area contributed by atoms with Crippen molar-refractivity contribution in [1.82, 2.24) is 4.90 Å². The highest BCUT2D eigenvalue weighted by Gasteiger charge is 2.48. The van der Waals surface area contributed by atoms with Crippen molar-refractivity contribution in [3.8, 4) is 5.75 Å². The Balaban J connectivity index is 1.51. The van der Waals surface area contributed by atoms with Crippen LogP contribution < -0.4 is 4.74 Å². The zero-order chi connectivity index (χ0) is 20.2. The molecule has 3 aromatic carbocycles. The molecule has 3 aromatic rings. The summed E-state index contributed by atoms with van der Waals surface area (Å²) in [4.78, 5) is 15.1. The van der Waals surface area contributed by atoms with E-state index in [0.717, 1.165) is 16.7 Å². The molecule has 4 nitrogen and oxygen atoms in total. The van der Waals surface area contributed by atoms with Gasteiger partial charge in [-0.1, -0.05) is 78.3 Å². The minimum absolute atomic E-state index is 0.0188.